The molecule has 0 unspecified atom stereocenters. The van der Waals surface area contributed by atoms with Crippen LogP contribution in [-0.2, 0) is 13.2 Å². The Morgan fingerprint density at radius 3 is 2.58 bits per heavy atom. The molecular weight excluding hydrogens is 322 g/mol. The Morgan fingerprint density at radius 1 is 1.00 bits per heavy atom. The lowest BCUT2D eigenvalue weighted by molar-refractivity contribution is 0.0967. The van der Waals surface area contributed by atoms with Crippen molar-refractivity contribution >= 4 is 22.2 Å². The first-order valence-corrected chi connectivity index (χ1v) is 8.97. The third-order valence-corrected chi connectivity index (χ3v) is 5.25. The Labute approximate surface area is 143 Å². The van der Waals surface area contributed by atoms with Gasteiger partial charge in [0, 0.05) is 37.6 Å². The standard InChI is InChI=1S/C17H19N5OS/c23-17-15-5-1-2-6-16(15)18-19-22(17)13-21-9-7-20(8-10-21)12-14-4-3-11-24-14/h1-6,11H,7-10,12-13H2. The summed E-state index contributed by atoms with van der Waals surface area (Å²) in [6, 6.07) is 11.6. The fourth-order valence-electron chi connectivity index (χ4n) is 3.02. The molecule has 0 radical (unpaired) electrons. The van der Waals surface area contributed by atoms with Crippen molar-refractivity contribution in [3.8, 4) is 0 Å². The van der Waals surface area contributed by atoms with Gasteiger partial charge in [-0.25, -0.2) is 0 Å². The van der Waals surface area contributed by atoms with E-state index in [0.717, 1.165) is 32.7 Å². The summed E-state index contributed by atoms with van der Waals surface area (Å²) in [6.45, 7) is 5.41. The second-order valence-electron chi connectivity index (χ2n) is 6.03. The summed E-state index contributed by atoms with van der Waals surface area (Å²) in [5.41, 5.74) is 0.584. The molecule has 0 saturated carbocycles. The number of nitrogens with zero attached hydrogens (tertiary/aromatic N) is 5. The maximum atomic E-state index is 12.5. The van der Waals surface area contributed by atoms with Crippen LogP contribution in [0.1, 0.15) is 4.88 Å². The number of piperazine rings is 1. The van der Waals surface area contributed by atoms with E-state index >= 15 is 0 Å². The monoisotopic (exact) mass is 341 g/mol. The molecular formula is C17H19N5OS. The topological polar surface area (TPSA) is 54.3 Å². The summed E-state index contributed by atoms with van der Waals surface area (Å²) in [4.78, 5) is 18.6. The minimum Gasteiger partial charge on any atom is -0.296 e. The first-order chi connectivity index (χ1) is 11.8. The first kappa shape index (κ1) is 15.4. The van der Waals surface area contributed by atoms with Crippen molar-refractivity contribution in [2.75, 3.05) is 26.2 Å². The normalized spacial score (nSPS) is 16.7. The van der Waals surface area contributed by atoms with Crippen LogP contribution in [0.25, 0.3) is 10.9 Å². The van der Waals surface area contributed by atoms with Crippen LogP contribution >= 0.6 is 11.3 Å². The lowest BCUT2D eigenvalue weighted by Crippen LogP contribution is -2.47. The van der Waals surface area contributed by atoms with E-state index in [1.54, 1.807) is 11.3 Å². The number of hydrogen-bond donors (Lipinski definition) is 0. The summed E-state index contributed by atoms with van der Waals surface area (Å²) in [5.74, 6) is 0. The van der Waals surface area contributed by atoms with Gasteiger partial charge >= 0.3 is 0 Å². The van der Waals surface area contributed by atoms with E-state index in [2.05, 4.69) is 37.6 Å². The number of benzene rings is 1. The SMILES string of the molecule is O=c1c2ccccc2nnn1CN1CCN(Cc2cccs2)CC1. The third kappa shape index (κ3) is 3.24. The second kappa shape index (κ2) is 6.80. The minimum absolute atomic E-state index is 0.0679. The quantitative estimate of drug-likeness (QED) is 0.722. The van der Waals surface area contributed by atoms with Crippen molar-refractivity contribution in [1.29, 1.82) is 0 Å². The molecule has 4 rings (SSSR count). The molecule has 0 aliphatic carbocycles. The van der Waals surface area contributed by atoms with Gasteiger partial charge < -0.3 is 0 Å². The van der Waals surface area contributed by atoms with Gasteiger partial charge in [0.15, 0.2) is 0 Å². The zero-order valence-corrected chi connectivity index (χ0v) is 14.2. The number of fused-ring (bicyclic) bond motifs is 1. The maximum absolute atomic E-state index is 12.5. The van der Waals surface area contributed by atoms with E-state index in [9.17, 15) is 4.79 Å². The van der Waals surface area contributed by atoms with E-state index in [0.29, 0.717) is 17.6 Å². The third-order valence-electron chi connectivity index (χ3n) is 4.39. The summed E-state index contributed by atoms with van der Waals surface area (Å²) in [5, 5.41) is 11.0. The van der Waals surface area contributed by atoms with Crippen molar-refractivity contribution in [2.45, 2.75) is 13.2 Å². The number of thiophene rings is 1. The zero-order chi connectivity index (χ0) is 16.4. The van der Waals surface area contributed by atoms with Gasteiger partial charge in [-0.15, -0.1) is 16.4 Å². The molecule has 0 amide bonds. The van der Waals surface area contributed by atoms with Crippen LogP contribution in [0.3, 0.4) is 0 Å². The van der Waals surface area contributed by atoms with E-state index in [4.69, 9.17) is 0 Å². The van der Waals surface area contributed by atoms with Crippen LogP contribution in [0, 0.1) is 0 Å². The van der Waals surface area contributed by atoms with Gasteiger partial charge in [0.2, 0.25) is 0 Å². The molecule has 3 aromatic rings. The smallest absolute Gasteiger partial charge is 0.278 e. The van der Waals surface area contributed by atoms with Crippen molar-refractivity contribution in [2.24, 2.45) is 0 Å². The summed E-state index contributed by atoms with van der Waals surface area (Å²) < 4.78 is 1.47. The largest absolute Gasteiger partial charge is 0.296 e. The van der Waals surface area contributed by atoms with E-state index < -0.39 is 0 Å². The summed E-state index contributed by atoms with van der Waals surface area (Å²) >= 11 is 1.80. The molecule has 6 nitrogen and oxygen atoms in total. The van der Waals surface area contributed by atoms with Crippen LogP contribution in [0.4, 0.5) is 0 Å². The Bertz CT molecular complexity index is 868. The molecule has 7 heteroatoms. The van der Waals surface area contributed by atoms with Gasteiger partial charge in [-0.3, -0.25) is 14.6 Å². The van der Waals surface area contributed by atoms with E-state index in [-0.39, 0.29) is 5.56 Å². The van der Waals surface area contributed by atoms with Crippen molar-refractivity contribution in [1.82, 2.24) is 24.8 Å². The number of aromatic nitrogens is 3. The second-order valence-corrected chi connectivity index (χ2v) is 7.06. The Morgan fingerprint density at radius 2 is 1.79 bits per heavy atom. The molecule has 0 bridgehead atoms. The molecule has 2 aromatic heterocycles. The van der Waals surface area contributed by atoms with Gasteiger partial charge in [0.1, 0.15) is 5.52 Å². The average molecular weight is 341 g/mol. The molecule has 24 heavy (non-hydrogen) atoms. The average Bonchev–Trinajstić information content (AvgIpc) is 3.12. The van der Waals surface area contributed by atoms with Crippen LogP contribution in [-0.4, -0.2) is 51.0 Å². The highest BCUT2D eigenvalue weighted by Gasteiger charge is 2.18. The minimum atomic E-state index is -0.0679. The molecule has 0 N–H and O–H groups in total. The predicted molar refractivity (Wildman–Crippen MR) is 95.0 cm³/mol. The number of rotatable bonds is 4. The van der Waals surface area contributed by atoms with E-state index in [1.165, 1.54) is 9.56 Å². The van der Waals surface area contributed by atoms with Gasteiger partial charge in [-0.2, -0.15) is 4.68 Å². The van der Waals surface area contributed by atoms with Crippen molar-refractivity contribution < 1.29 is 0 Å². The lowest BCUT2D eigenvalue weighted by Gasteiger charge is -2.34. The van der Waals surface area contributed by atoms with E-state index in [1.807, 2.05) is 24.3 Å². The molecule has 1 fully saturated rings. The molecule has 1 aliphatic rings. The fourth-order valence-corrected chi connectivity index (χ4v) is 3.76. The van der Waals surface area contributed by atoms with Crippen LogP contribution < -0.4 is 5.56 Å². The molecule has 1 saturated heterocycles. The molecule has 0 atom stereocenters. The van der Waals surface area contributed by atoms with Gasteiger partial charge in [0.25, 0.3) is 5.56 Å². The fraction of sp³-hybridized carbons (Fsp3) is 0.353. The van der Waals surface area contributed by atoms with Crippen molar-refractivity contribution in [3.05, 3.63) is 57.0 Å². The highest BCUT2D eigenvalue weighted by molar-refractivity contribution is 7.09. The molecule has 3 heterocycles. The van der Waals surface area contributed by atoms with Crippen LogP contribution in [0.5, 0.6) is 0 Å². The van der Waals surface area contributed by atoms with Crippen LogP contribution in [0.15, 0.2) is 46.6 Å². The Kier molecular flexibility index (Phi) is 4.38. The van der Waals surface area contributed by atoms with Crippen molar-refractivity contribution in [3.63, 3.8) is 0 Å². The molecule has 124 valence electrons. The highest BCUT2D eigenvalue weighted by Crippen LogP contribution is 2.13. The summed E-state index contributed by atoms with van der Waals surface area (Å²) in [7, 11) is 0. The highest BCUT2D eigenvalue weighted by atomic mass is 32.1. The lowest BCUT2D eigenvalue weighted by atomic mass is 10.2. The molecule has 1 aromatic carbocycles. The molecule has 0 spiro atoms. The van der Waals surface area contributed by atoms with Gasteiger partial charge in [-0.1, -0.05) is 23.4 Å². The number of hydrogen-bond acceptors (Lipinski definition) is 6. The Hall–Kier alpha value is -2.09. The molecule has 1 aliphatic heterocycles. The zero-order valence-electron chi connectivity index (χ0n) is 13.3. The first-order valence-electron chi connectivity index (χ1n) is 8.09. The predicted octanol–water partition coefficient (Wildman–Crippen LogP) is 1.63. The van der Waals surface area contributed by atoms with Gasteiger partial charge in [0.05, 0.1) is 12.1 Å². The maximum Gasteiger partial charge on any atom is 0.278 e. The summed E-state index contributed by atoms with van der Waals surface area (Å²) in [6.07, 6.45) is 0. The Balaban J connectivity index is 1.40. The van der Waals surface area contributed by atoms with Crippen LogP contribution in [0.2, 0.25) is 0 Å². The van der Waals surface area contributed by atoms with Gasteiger partial charge in [-0.05, 0) is 23.6 Å².